The minimum absolute atomic E-state index is 0.0768. The van der Waals surface area contributed by atoms with Crippen molar-refractivity contribution < 1.29 is 22.7 Å². The van der Waals surface area contributed by atoms with Gasteiger partial charge in [-0.1, -0.05) is 0 Å². The number of fused-ring (bicyclic) bond motifs is 1. The highest BCUT2D eigenvalue weighted by Crippen LogP contribution is 2.14. The van der Waals surface area contributed by atoms with Crippen molar-refractivity contribution in [3.05, 3.63) is 60.0 Å². The van der Waals surface area contributed by atoms with Crippen molar-refractivity contribution in [2.24, 2.45) is 5.14 Å². The van der Waals surface area contributed by atoms with Crippen LogP contribution in [-0.2, 0) is 19.6 Å². The molecule has 0 radical (unpaired) electrons. The molecule has 1 atom stereocenters. The number of hydrogen-bond acceptors (Lipinski definition) is 6. The van der Waals surface area contributed by atoms with Gasteiger partial charge in [0.2, 0.25) is 10.0 Å². The number of benzene rings is 1. The van der Waals surface area contributed by atoms with Gasteiger partial charge in [0.1, 0.15) is 5.65 Å². The third-order valence-corrected chi connectivity index (χ3v) is 4.86. The van der Waals surface area contributed by atoms with Crippen LogP contribution in [0.2, 0.25) is 0 Å². The molecule has 0 bridgehead atoms. The lowest BCUT2D eigenvalue weighted by Gasteiger charge is -2.13. The number of pyridine rings is 1. The fourth-order valence-corrected chi connectivity index (χ4v) is 2.94. The lowest BCUT2D eigenvalue weighted by molar-refractivity contribution is -0.123. The van der Waals surface area contributed by atoms with Crippen molar-refractivity contribution in [3.63, 3.8) is 0 Å². The molecule has 0 unspecified atom stereocenters. The average Bonchev–Trinajstić information content (AvgIpc) is 3.04. The van der Waals surface area contributed by atoms with Crippen LogP contribution in [-0.4, -0.2) is 35.8 Å². The summed E-state index contributed by atoms with van der Waals surface area (Å²) in [7, 11) is -3.82. The molecule has 0 fully saturated rings. The zero-order valence-corrected chi connectivity index (χ0v) is 15.9. The van der Waals surface area contributed by atoms with Crippen molar-refractivity contribution >= 4 is 33.2 Å². The molecule has 3 N–H and O–H groups in total. The number of nitrogens with zero attached hydrogens (tertiary/aromatic N) is 2. The summed E-state index contributed by atoms with van der Waals surface area (Å²) in [5.41, 5.74) is 2.02. The summed E-state index contributed by atoms with van der Waals surface area (Å²) in [6.07, 6.45) is 2.21. The highest BCUT2D eigenvalue weighted by molar-refractivity contribution is 7.89. The van der Waals surface area contributed by atoms with Gasteiger partial charge in [0.25, 0.3) is 5.91 Å². The summed E-state index contributed by atoms with van der Waals surface area (Å²) >= 11 is 0. The van der Waals surface area contributed by atoms with E-state index in [1.54, 1.807) is 10.6 Å². The number of carbonyl (C=O) groups excluding carboxylic acids is 2. The first-order valence-electron chi connectivity index (χ1n) is 8.23. The zero-order chi connectivity index (χ0) is 20.5. The molecular formula is C18H18N4O5S. The quantitative estimate of drug-likeness (QED) is 0.621. The van der Waals surface area contributed by atoms with Crippen LogP contribution < -0.4 is 10.5 Å². The Kier molecular flexibility index (Phi) is 5.16. The number of rotatable bonds is 5. The Hall–Kier alpha value is -3.24. The first-order chi connectivity index (χ1) is 13.1. The predicted octanol–water partition coefficient (Wildman–Crippen LogP) is 1.47. The molecule has 1 amide bonds. The molecule has 2 aromatic heterocycles. The molecule has 3 aromatic rings. The second kappa shape index (κ2) is 7.41. The van der Waals surface area contributed by atoms with Gasteiger partial charge in [-0.3, -0.25) is 4.79 Å². The monoisotopic (exact) mass is 402 g/mol. The summed E-state index contributed by atoms with van der Waals surface area (Å²) in [5, 5.41) is 7.56. The van der Waals surface area contributed by atoms with Crippen LogP contribution >= 0.6 is 0 Å². The highest BCUT2D eigenvalue weighted by atomic mass is 32.2. The maximum Gasteiger partial charge on any atom is 0.359 e. The molecule has 1 aromatic carbocycles. The Morgan fingerprint density at radius 1 is 1.21 bits per heavy atom. The molecule has 28 heavy (non-hydrogen) atoms. The number of ether oxygens (including phenoxy) is 1. The van der Waals surface area contributed by atoms with Crippen molar-refractivity contribution in [1.82, 2.24) is 9.38 Å². The van der Waals surface area contributed by atoms with E-state index in [0.717, 1.165) is 5.56 Å². The molecule has 0 aliphatic carbocycles. The molecule has 146 valence electrons. The lowest BCUT2D eigenvalue weighted by atomic mass is 10.3. The number of amides is 1. The fraction of sp³-hybridized carbons (Fsp3) is 0.167. The van der Waals surface area contributed by atoms with Gasteiger partial charge >= 0.3 is 5.97 Å². The minimum Gasteiger partial charge on any atom is -0.448 e. The topological polar surface area (TPSA) is 133 Å². The summed E-state index contributed by atoms with van der Waals surface area (Å²) in [5.74, 6) is -1.30. The number of esters is 1. The molecule has 0 aliphatic heterocycles. The van der Waals surface area contributed by atoms with Gasteiger partial charge in [0.15, 0.2) is 11.8 Å². The zero-order valence-electron chi connectivity index (χ0n) is 15.1. The van der Waals surface area contributed by atoms with Crippen molar-refractivity contribution in [3.8, 4) is 0 Å². The molecule has 0 saturated carbocycles. The number of sulfonamides is 1. The van der Waals surface area contributed by atoms with Crippen LogP contribution in [0, 0.1) is 6.92 Å². The van der Waals surface area contributed by atoms with Gasteiger partial charge in [-0.2, -0.15) is 0 Å². The average molecular weight is 402 g/mol. The predicted molar refractivity (Wildman–Crippen MR) is 101 cm³/mol. The van der Waals surface area contributed by atoms with Crippen LogP contribution in [0.5, 0.6) is 0 Å². The first kappa shape index (κ1) is 19.5. The summed E-state index contributed by atoms with van der Waals surface area (Å²) in [6, 6.07) is 8.99. The standard InChI is InChI=1S/C18H18N4O5S/c1-11-7-8-22-10-15(21-16(22)9-11)18(24)27-12(2)17(23)20-13-3-5-14(6-4-13)28(19,25)26/h3-10,12H,1-2H3,(H,20,23)(H2,19,25,26)/t12-/m1/s1. The number of aromatic nitrogens is 2. The summed E-state index contributed by atoms with van der Waals surface area (Å²) < 4.78 is 29.3. The lowest BCUT2D eigenvalue weighted by Crippen LogP contribution is -2.30. The number of nitrogens with two attached hydrogens (primary N) is 1. The van der Waals surface area contributed by atoms with Gasteiger partial charge in [-0.15, -0.1) is 0 Å². The Morgan fingerprint density at radius 3 is 2.54 bits per heavy atom. The molecule has 10 heteroatoms. The SMILES string of the molecule is Cc1ccn2cc(C(=O)O[C@H](C)C(=O)Nc3ccc(S(N)(=O)=O)cc3)nc2c1. The molecule has 3 rings (SSSR count). The number of primary sulfonamides is 1. The Morgan fingerprint density at radius 2 is 1.89 bits per heavy atom. The molecule has 9 nitrogen and oxygen atoms in total. The van der Waals surface area contributed by atoms with E-state index < -0.39 is 28.0 Å². The van der Waals surface area contributed by atoms with Crippen molar-refractivity contribution in [2.45, 2.75) is 24.8 Å². The van der Waals surface area contributed by atoms with Gasteiger partial charge < -0.3 is 14.5 Å². The molecule has 0 saturated heterocycles. The van der Waals surface area contributed by atoms with Gasteiger partial charge in [-0.05, 0) is 55.8 Å². The second-order valence-electron chi connectivity index (χ2n) is 6.20. The van der Waals surface area contributed by atoms with E-state index in [9.17, 15) is 18.0 Å². The van der Waals surface area contributed by atoms with E-state index in [0.29, 0.717) is 11.3 Å². The summed E-state index contributed by atoms with van der Waals surface area (Å²) in [6.45, 7) is 3.33. The largest absolute Gasteiger partial charge is 0.448 e. The highest BCUT2D eigenvalue weighted by Gasteiger charge is 2.21. The van der Waals surface area contributed by atoms with E-state index in [4.69, 9.17) is 9.88 Å². The van der Waals surface area contributed by atoms with E-state index in [1.807, 2.05) is 19.1 Å². The molecular weight excluding hydrogens is 384 g/mol. The van der Waals surface area contributed by atoms with Gasteiger partial charge in [-0.25, -0.2) is 23.3 Å². The molecule has 0 spiro atoms. The number of imidazole rings is 1. The Bertz CT molecular complexity index is 1150. The van der Waals surface area contributed by atoms with E-state index >= 15 is 0 Å². The van der Waals surface area contributed by atoms with Crippen molar-refractivity contribution in [1.29, 1.82) is 0 Å². The smallest absolute Gasteiger partial charge is 0.359 e. The number of hydrogen-bond donors (Lipinski definition) is 2. The Balaban J connectivity index is 1.65. The minimum atomic E-state index is -3.82. The number of nitrogens with one attached hydrogen (secondary N) is 1. The van der Waals surface area contributed by atoms with E-state index in [2.05, 4.69) is 10.3 Å². The van der Waals surface area contributed by atoms with Crippen LogP contribution in [0.15, 0.2) is 53.7 Å². The van der Waals surface area contributed by atoms with Gasteiger partial charge in [0, 0.05) is 18.1 Å². The molecule has 0 aliphatic rings. The number of carbonyl (C=O) groups is 2. The summed E-state index contributed by atoms with van der Waals surface area (Å²) in [4.78, 5) is 28.6. The first-order valence-corrected chi connectivity index (χ1v) is 9.78. The van der Waals surface area contributed by atoms with Crippen LogP contribution in [0.1, 0.15) is 23.0 Å². The molecule has 2 heterocycles. The normalized spacial score (nSPS) is 12.5. The van der Waals surface area contributed by atoms with Crippen LogP contribution in [0.3, 0.4) is 0 Å². The third kappa shape index (κ3) is 4.35. The third-order valence-electron chi connectivity index (χ3n) is 3.93. The Labute approximate surface area is 161 Å². The maximum absolute atomic E-state index is 12.3. The van der Waals surface area contributed by atoms with E-state index in [-0.39, 0.29) is 10.6 Å². The van der Waals surface area contributed by atoms with Gasteiger partial charge in [0.05, 0.1) is 4.90 Å². The van der Waals surface area contributed by atoms with E-state index in [1.165, 1.54) is 37.4 Å². The van der Waals surface area contributed by atoms with Crippen molar-refractivity contribution in [2.75, 3.05) is 5.32 Å². The van der Waals surface area contributed by atoms with Crippen LogP contribution in [0.4, 0.5) is 5.69 Å². The number of aryl methyl sites for hydroxylation is 1. The van der Waals surface area contributed by atoms with Crippen LogP contribution in [0.25, 0.3) is 5.65 Å². The maximum atomic E-state index is 12.3. The fourth-order valence-electron chi connectivity index (χ4n) is 2.43. The number of anilines is 1. The second-order valence-corrected chi connectivity index (χ2v) is 7.76.